The van der Waals surface area contributed by atoms with Crippen molar-refractivity contribution >= 4 is 17.3 Å². The van der Waals surface area contributed by atoms with Crippen LogP contribution in [0.5, 0.6) is 0 Å². The molecule has 0 saturated heterocycles. The zero-order valence-electron chi connectivity index (χ0n) is 10.7. The lowest BCUT2D eigenvalue weighted by atomic mass is 10.1. The van der Waals surface area contributed by atoms with Gasteiger partial charge in [-0.05, 0) is 38.5 Å². The van der Waals surface area contributed by atoms with E-state index in [2.05, 4.69) is 0 Å². The SMILES string of the molecule is C[C@@H](O)c1ccc(N(C)CC(C)(C)O)c(Cl)c1. The van der Waals surface area contributed by atoms with Gasteiger partial charge in [0.1, 0.15) is 0 Å². The number of aliphatic hydroxyl groups is 2. The second kappa shape index (κ2) is 5.25. The van der Waals surface area contributed by atoms with E-state index in [-0.39, 0.29) is 0 Å². The van der Waals surface area contributed by atoms with Crippen LogP contribution < -0.4 is 4.90 Å². The van der Waals surface area contributed by atoms with E-state index in [9.17, 15) is 10.2 Å². The zero-order valence-corrected chi connectivity index (χ0v) is 11.5. The Morgan fingerprint density at radius 1 is 1.41 bits per heavy atom. The monoisotopic (exact) mass is 257 g/mol. The maximum atomic E-state index is 9.76. The molecule has 0 radical (unpaired) electrons. The quantitative estimate of drug-likeness (QED) is 0.872. The Morgan fingerprint density at radius 2 is 2.00 bits per heavy atom. The summed E-state index contributed by atoms with van der Waals surface area (Å²) in [6, 6.07) is 5.45. The summed E-state index contributed by atoms with van der Waals surface area (Å²) >= 11 is 6.16. The molecule has 0 aliphatic rings. The Kier molecular flexibility index (Phi) is 4.42. The van der Waals surface area contributed by atoms with Gasteiger partial charge in [-0.2, -0.15) is 0 Å². The molecule has 0 aliphatic carbocycles. The predicted octanol–water partition coefficient (Wildman–Crippen LogP) is 2.60. The Hall–Kier alpha value is -0.770. The molecule has 0 saturated carbocycles. The largest absolute Gasteiger partial charge is 0.389 e. The minimum atomic E-state index is -0.777. The molecule has 1 rings (SSSR count). The molecular weight excluding hydrogens is 238 g/mol. The van der Waals surface area contributed by atoms with Crippen molar-refractivity contribution in [1.29, 1.82) is 0 Å². The van der Waals surface area contributed by atoms with Crippen LogP contribution in [0.4, 0.5) is 5.69 Å². The van der Waals surface area contributed by atoms with Gasteiger partial charge in [-0.25, -0.2) is 0 Å². The first-order chi connectivity index (χ1) is 7.70. The van der Waals surface area contributed by atoms with Crippen molar-refractivity contribution < 1.29 is 10.2 Å². The molecular formula is C13H20ClNO2. The van der Waals surface area contributed by atoms with Crippen molar-refractivity contribution in [3.05, 3.63) is 28.8 Å². The van der Waals surface area contributed by atoms with Crippen LogP contribution >= 0.6 is 11.6 Å². The average Bonchev–Trinajstić information content (AvgIpc) is 2.14. The number of hydrogen-bond acceptors (Lipinski definition) is 3. The lowest BCUT2D eigenvalue weighted by Gasteiger charge is -2.28. The summed E-state index contributed by atoms with van der Waals surface area (Å²) < 4.78 is 0. The van der Waals surface area contributed by atoms with Crippen molar-refractivity contribution in [2.75, 3.05) is 18.5 Å². The molecule has 4 heteroatoms. The van der Waals surface area contributed by atoms with Crippen molar-refractivity contribution in [3.8, 4) is 0 Å². The van der Waals surface area contributed by atoms with Gasteiger partial charge >= 0.3 is 0 Å². The van der Waals surface area contributed by atoms with Gasteiger partial charge in [-0.15, -0.1) is 0 Å². The lowest BCUT2D eigenvalue weighted by Crippen LogP contribution is -2.36. The molecule has 0 amide bonds. The summed E-state index contributed by atoms with van der Waals surface area (Å²) in [7, 11) is 1.88. The maximum absolute atomic E-state index is 9.76. The number of aliphatic hydroxyl groups excluding tert-OH is 1. The second-order valence-electron chi connectivity index (χ2n) is 5.06. The molecule has 0 bridgehead atoms. The van der Waals surface area contributed by atoms with Gasteiger partial charge in [0, 0.05) is 13.6 Å². The zero-order chi connectivity index (χ0) is 13.2. The molecule has 0 spiro atoms. The number of hydrogen-bond donors (Lipinski definition) is 2. The molecule has 0 fully saturated rings. The predicted molar refractivity (Wildman–Crippen MR) is 71.7 cm³/mol. The summed E-state index contributed by atoms with van der Waals surface area (Å²) in [5.41, 5.74) is 0.856. The van der Waals surface area contributed by atoms with E-state index in [1.807, 2.05) is 24.1 Å². The highest BCUT2D eigenvalue weighted by Crippen LogP contribution is 2.29. The number of nitrogens with zero attached hydrogens (tertiary/aromatic N) is 1. The summed E-state index contributed by atoms with van der Waals surface area (Å²) in [5, 5.41) is 19.8. The topological polar surface area (TPSA) is 43.7 Å². The molecule has 0 aromatic heterocycles. The van der Waals surface area contributed by atoms with Crippen molar-refractivity contribution in [2.45, 2.75) is 32.5 Å². The number of halogens is 1. The fraction of sp³-hybridized carbons (Fsp3) is 0.538. The number of anilines is 1. The standard InChI is InChI=1S/C13H20ClNO2/c1-9(16)10-5-6-12(11(14)7-10)15(4)8-13(2,3)17/h5-7,9,16-17H,8H2,1-4H3/t9-/m1/s1. The van der Waals surface area contributed by atoms with E-state index in [0.717, 1.165) is 11.3 Å². The van der Waals surface area contributed by atoms with Crippen molar-refractivity contribution in [1.82, 2.24) is 0 Å². The molecule has 1 atom stereocenters. The molecule has 1 aromatic rings. The van der Waals surface area contributed by atoms with Gasteiger partial charge in [-0.3, -0.25) is 0 Å². The molecule has 0 heterocycles. The average molecular weight is 258 g/mol. The van der Waals surface area contributed by atoms with E-state index in [1.54, 1.807) is 26.8 Å². The summed E-state index contributed by atoms with van der Waals surface area (Å²) in [6.07, 6.45) is -0.527. The lowest BCUT2D eigenvalue weighted by molar-refractivity contribution is 0.0886. The number of rotatable bonds is 4. The van der Waals surface area contributed by atoms with E-state index in [0.29, 0.717) is 11.6 Å². The molecule has 0 aliphatic heterocycles. The minimum absolute atomic E-state index is 0.487. The third kappa shape index (κ3) is 4.19. The van der Waals surface area contributed by atoms with Crippen LogP contribution in [-0.4, -0.2) is 29.4 Å². The van der Waals surface area contributed by atoms with Gasteiger partial charge in [-0.1, -0.05) is 17.7 Å². The first-order valence-electron chi connectivity index (χ1n) is 5.62. The van der Waals surface area contributed by atoms with Gasteiger partial charge in [0.2, 0.25) is 0 Å². The van der Waals surface area contributed by atoms with Gasteiger partial charge in [0.15, 0.2) is 0 Å². The molecule has 2 N–H and O–H groups in total. The molecule has 0 unspecified atom stereocenters. The van der Waals surface area contributed by atoms with Crippen LogP contribution in [0, 0.1) is 0 Å². The molecule has 17 heavy (non-hydrogen) atoms. The van der Waals surface area contributed by atoms with Crippen LogP contribution in [0.2, 0.25) is 5.02 Å². The third-order valence-corrected chi connectivity index (χ3v) is 2.79. The highest BCUT2D eigenvalue weighted by atomic mass is 35.5. The van der Waals surface area contributed by atoms with E-state index >= 15 is 0 Å². The summed E-state index contributed by atoms with van der Waals surface area (Å²) in [6.45, 7) is 5.69. The normalized spacial score (nSPS) is 13.6. The minimum Gasteiger partial charge on any atom is -0.389 e. The van der Waals surface area contributed by atoms with Crippen LogP contribution in [0.3, 0.4) is 0 Å². The van der Waals surface area contributed by atoms with Crippen LogP contribution in [0.1, 0.15) is 32.4 Å². The molecule has 3 nitrogen and oxygen atoms in total. The third-order valence-electron chi connectivity index (χ3n) is 2.49. The summed E-state index contributed by atoms with van der Waals surface area (Å²) in [4.78, 5) is 1.90. The Labute approximate surface area is 108 Å². The first kappa shape index (κ1) is 14.3. The maximum Gasteiger partial charge on any atom is 0.0765 e. The Morgan fingerprint density at radius 3 is 2.41 bits per heavy atom. The van der Waals surface area contributed by atoms with E-state index in [1.165, 1.54) is 0 Å². The van der Waals surface area contributed by atoms with Gasteiger partial charge < -0.3 is 15.1 Å². The van der Waals surface area contributed by atoms with Gasteiger partial charge in [0.25, 0.3) is 0 Å². The van der Waals surface area contributed by atoms with Crippen LogP contribution in [0.15, 0.2) is 18.2 Å². The first-order valence-corrected chi connectivity index (χ1v) is 5.99. The highest BCUT2D eigenvalue weighted by molar-refractivity contribution is 6.33. The molecule has 1 aromatic carbocycles. The van der Waals surface area contributed by atoms with Crippen LogP contribution in [-0.2, 0) is 0 Å². The second-order valence-corrected chi connectivity index (χ2v) is 5.46. The van der Waals surface area contributed by atoms with Crippen molar-refractivity contribution in [2.24, 2.45) is 0 Å². The fourth-order valence-corrected chi connectivity index (χ4v) is 2.09. The van der Waals surface area contributed by atoms with Gasteiger partial charge in [0.05, 0.1) is 22.4 Å². The highest BCUT2D eigenvalue weighted by Gasteiger charge is 2.17. The Bertz CT molecular complexity index is 385. The smallest absolute Gasteiger partial charge is 0.0765 e. The Balaban J connectivity index is 2.92. The number of likely N-dealkylation sites (N-methyl/N-ethyl adjacent to an activating group) is 1. The van der Waals surface area contributed by atoms with E-state index < -0.39 is 11.7 Å². The number of benzene rings is 1. The molecule has 96 valence electrons. The van der Waals surface area contributed by atoms with Crippen molar-refractivity contribution in [3.63, 3.8) is 0 Å². The fourth-order valence-electron chi connectivity index (χ4n) is 1.76. The van der Waals surface area contributed by atoms with Crippen LogP contribution in [0.25, 0.3) is 0 Å². The van der Waals surface area contributed by atoms with E-state index in [4.69, 9.17) is 11.6 Å². The summed E-state index contributed by atoms with van der Waals surface area (Å²) in [5.74, 6) is 0.